The maximum absolute atomic E-state index is 13.6. The van der Waals surface area contributed by atoms with Crippen LogP contribution in [0, 0.1) is 0 Å². The van der Waals surface area contributed by atoms with E-state index in [1.54, 1.807) is 39.8 Å². The van der Waals surface area contributed by atoms with Gasteiger partial charge in [0.2, 0.25) is 0 Å². The Morgan fingerprint density at radius 1 is 1.04 bits per heavy atom. The third kappa shape index (κ3) is 24.5. The Morgan fingerprint density at radius 3 is 2.39 bits per heavy atom. The number of aromatic nitrogens is 1. The molecule has 13 nitrogen and oxygen atoms in total. The number of allylic oxidation sites excluding steroid dienone is 2. The molecule has 0 aromatic carbocycles. The zero-order valence-corrected chi connectivity index (χ0v) is 38.2. The smallest absolute Gasteiger partial charge is 0.408 e. The molecule has 0 fully saturated rings. The Bertz CT molecular complexity index is 1470. The Morgan fingerprint density at radius 2 is 1.75 bits per heavy atom. The van der Waals surface area contributed by atoms with Gasteiger partial charge in [0.1, 0.15) is 34.1 Å². The molecule has 0 radical (unpaired) electrons. The van der Waals surface area contributed by atoms with E-state index in [4.69, 9.17) is 14.2 Å². The van der Waals surface area contributed by atoms with Gasteiger partial charge in [-0.15, -0.1) is 11.3 Å². The molecule has 1 rings (SSSR count). The van der Waals surface area contributed by atoms with Crippen LogP contribution in [0.3, 0.4) is 0 Å². The number of alkyl carbamates (subject to hydrolysis) is 1. The van der Waals surface area contributed by atoms with Crippen LogP contribution in [0.25, 0.3) is 0 Å². The minimum atomic E-state index is -1.44. The van der Waals surface area contributed by atoms with Gasteiger partial charge in [0.15, 0.2) is 5.12 Å². The molecule has 0 unspecified atom stereocenters. The van der Waals surface area contributed by atoms with E-state index in [1.165, 1.54) is 41.4 Å². The number of rotatable bonds is 26. The van der Waals surface area contributed by atoms with E-state index in [0.29, 0.717) is 29.4 Å². The van der Waals surface area contributed by atoms with Crippen molar-refractivity contribution in [1.82, 2.24) is 20.9 Å². The second-order valence-corrected chi connectivity index (χ2v) is 24.0. The van der Waals surface area contributed by atoms with E-state index in [1.807, 2.05) is 6.26 Å². The summed E-state index contributed by atoms with van der Waals surface area (Å²) in [6, 6.07) is -0.291. The fourth-order valence-electron chi connectivity index (χ4n) is 4.63. The predicted octanol–water partition coefficient (Wildman–Crippen LogP) is 7.79. The fourth-order valence-corrected chi connectivity index (χ4v) is 7.30. The van der Waals surface area contributed by atoms with Crippen LogP contribution in [0.4, 0.5) is 4.79 Å². The lowest BCUT2D eigenvalue weighted by Gasteiger charge is -2.22. The molecule has 0 aliphatic carbocycles. The van der Waals surface area contributed by atoms with Gasteiger partial charge in [-0.1, -0.05) is 76.2 Å². The number of amides is 3. The zero-order valence-electron chi connectivity index (χ0n) is 34.7. The molecule has 1 aromatic heterocycles. The first-order valence-electron chi connectivity index (χ1n) is 19.2. The highest BCUT2D eigenvalue weighted by Gasteiger charge is 2.28. The highest BCUT2D eigenvalue weighted by Crippen LogP contribution is 2.16. The van der Waals surface area contributed by atoms with Crippen molar-refractivity contribution < 1.29 is 43.0 Å². The van der Waals surface area contributed by atoms with E-state index in [-0.39, 0.29) is 42.5 Å². The Hall–Kier alpha value is -3.15. The number of carbonyl (C=O) groups is 6. The summed E-state index contributed by atoms with van der Waals surface area (Å²) in [4.78, 5) is 81.3. The number of ether oxygens (including phenoxy) is 3. The summed E-state index contributed by atoms with van der Waals surface area (Å²) in [6.45, 7) is 15.8. The van der Waals surface area contributed by atoms with Crippen LogP contribution in [0.2, 0.25) is 25.7 Å². The first kappa shape index (κ1) is 50.9. The van der Waals surface area contributed by atoms with E-state index < -0.39 is 55.7 Å². The van der Waals surface area contributed by atoms with Crippen molar-refractivity contribution in [2.24, 2.45) is 0 Å². The fraction of sp³-hybridized carbons (Fsp3) is 0.667. The van der Waals surface area contributed by atoms with Gasteiger partial charge >= 0.3 is 18.0 Å². The number of nitrogens with one attached hydrogen (secondary N) is 3. The van der Waals surface area contributed by atoms with E-state index in [2.05, 4.69) is 47.5 Å². The molecule has 17 heteroatoms. The molecule has 3 amide bonds. The van der Waals surface area contributed by atoms with Crippen LogP contribution in [0.1, 0.15) is 108 Å². The van der Waals surface area contributed by atoms with Crippen molar-refractivity contribution in [1.29, 1.82) is 0 Å². The molecular formula is C39H64N4O9S3Si. The van der Waals surface area contributed by atoms with Crippen LogP contribution < -0.4 is 16.0 Å². The third-order valence-electron chi connectivity index (χ3n) is 7.68. The summed E-state index contributed by atoms with van der Waals surface area (Å²) in [7, 11) is -1.44. The maximum atomic E-state index is 13.6. The van der Waals surface area contributed by atoms with Crippen molar-refractivity contribution in [3.05, 3.63) is 40.0 Å². The van der Waals surface area contributed by atoms with Crippen molar-refractivity contribution >= 4 is 77.9 Å². The van der Waals surface area contributed by atoms with Gasteiger partial charge in [0, 0.05) is 25.6 Å². The monoisotopic (exact) mass is 856 g/mol. The Balaban J connectivity index is 2.94. The number of thiazole rings is 1. The summed E-state index contributed by atoms with van der Waals surface area (Å²) in [5.41, 5.74) is -0.729. The minimum absolute atomic E-state index is 0.0398. The van der Waals surface area contributed by atoms with E-state index in [0.717, 1.165) is 43.1 Å². The molecule has 3 N–H and O–H groups in total. The van der Waals surface area contributed by atoms with Crippen LogP contribution in [-0.2, 0) is 39.9 Å². The highest BCUT2D eigenvalue weighted by molar-refractivity contribution is 8.13. The van der Waals surface area contributed by atoms with Crippen LogP contribution in [-0.4, -0.2) is 90.1 Å². The van der Waals surface area contributed by atoms with Crippen LogP contribution >= 0.6 is 34.9 Å². The van der Waals surface area contributed by atoms with Gasteiger partial charge in [0.05, 0.1) is 19.6 Å². The number of hydrogen-bond acceptors (Lipinski definition) is 13. The number of carbonyl (C=O) groups excluding carboxylic acids is 6. The molecule has 2 atom stereocenters. The summed E-state index contributed by atoms with van der Waals surface area (Å²) in [5, 5.41) is 9.92. The van der Waals surface area contributed by atoms with Gasteiger partial charge in [-0.25, -0.2) is 14.6 Å². The Kier molecular flexibility index (Phi) is 25.0. The molecule has 1 heterocycles. The standard InChI is InChI=1S/C39H64N4O9S3Si/c1-10-12-13-14-15-19-34(45)54-22-17-16-18-28(25-33(44)50-21-24-56(7,8)9)51-37(48)30(20-23-53-6)43-35(46)29(11-2)42-36(47)31-27-55-32(41-31)26-40-38(49)52-39(3,4)5/h11,16,18,27-28,30H,10,12-15,17,19-26H2,1-9H3,(H,40,49)(H,42,47)(H,43,46)/b18-16+,29-11-/t28-,30+/m1/s1. The van der Waals surface area contributed by atoms with Gasteiger partial charge in [0.25, 0.3) is 11.8 Å². The predicted molar refractivity (Wildman–Crippen MR) is 230 cm³/mol. The van der Waals surface area contributed by atoms with Gasteiger partial charge in [-0.3, -0.25) is 19.2 Å². The Labute approximate surface area is 347 Å². The normalized spacial score (nSPS) is 13.1. The van der Waals surface area contributed by atoms with Gasteiger partial charge < -0.3 is 30.2 Å². The van der Waals surface area contributed by atoms with Crippen LogP contribution in [0.5, 0.6) is 0 Å². The van der Waals surface area contributed by atoms with E-state index in [9.17, 15) is 28.8 Å². The first-order valence-corrected chi connectivity index (χ1v) is 26.2. The first-order chi connectivity index (χ1) is 26.4. The molecule has 316 valence electrons. The highest BCUT2D eigenvalue weighted by atomic mass is 32.2. The molecule has 0 saturated carbocycles. The van der Waals surface area contributed by atoms with Gasteiger partial charge in [-0.05, 0) is 71.1 Å². The molecule has 56 heavy (non-hydrogen) atoms. The number of unbranched alkanes of at least 4 members (excludes halogenated alkanes) is 4. The number of esters is 2. The largest absolute Gasteiger partial charge is 0.466 e. The molecule has 0 saturated heterocycles. The number of thioether (sulfide) groups is 2. The summed E-state index contributed by atoms with van der Waals surface area (Å²) in [5.74, 6) is -1.54. The number of hydrogen-bond donors (Lipinski definition) is 3. The van der Waals surface area contributed by atoms with Crippen molar-refractivity contribution in [3.8, 4) is 0 Å². The average Bonchev–Trinajstić information content (AvgIpc) is 3.59. The van der Waals surface area contributed by atoms with Crippen LogP contribution in [0.15, 0.2) is 29.3 Å². The quantitative estimate of drug-likeness (QED) is 0.0206. The lowest BCUT2D eigenvalue weighted by Crippen LogP contribution is -2.46. The molecular weight excluding hydrogens is 793 g/mol. The third-order valence-corrected chi connectivity index (χ3v) is 11.8. The second-order valence-electron chi connectivity index (χ2n) is 15.3. The summed E-state index contributed by atoms with van der Waals surface area (Å²) in [6.07, 6.45) is 11.6. The maximum Gasteiger partial charge on any atom is 0.408 e. The summed E-state index contributed by atoms with van der Waals surface area (Å²) < 4.78 is 16.5. The zero-order chi connectivity index (χ0) is 42.1. The lowest BCUT2D eigenvalue weighted by molar-refractivity contribution is -0.155. The molecule has 0 aliphatic rings. The summed E-state index contributed by atoms with van der Waals surface area (Å²) >= 11 is 3.91. The van der Waals surface area contributed by atoms with Crippen molar-refractivity contribution in [3.63, 3.8) is 0 Å². The topological polar surface area (TPSA) is 179 Å². The second kappa shape index (κ2) is 27.5. The molecule has 0 aliphatic heterocycles. The van der Waals surface area contributed by atoms with E-state index >= 15 is 0 Å². The molecule has 0 bridgehead atoms. The lowest BCUT2D eigenvalue weighted by atomic mass is 10.1. The minimum Gasteiger partial charge on any atom is -0.466 e. The SMILES string of the molecule is C/C=C(\NC(=O)c1csc(CNC(=O)OC(C)(C)C)n1)C(=O)N[C@@H](CCSC)C(=O)O[C@H](/C=C/CCSC(=O)CCCCCCC)CC(=O)OCC[Si](C)(C)C. The average molecular weight is 857 g/mol. The number of nitrogens with zero attached hydrogens (tertiary/aromatic N) is 1. The van der Waals surface area contributed by atoms with Crippen molar-refractivity contribution in [2.45, 2.75) is 142 Å². The molecule has 0 spiro atoms. The van der Waals surface area contributed by atoms with Gasteiger partial charge in [-0.2, -0.15) is 11.8 Å². The van der Waals surface area contributed by atoms with Crippen molar-refractivity contribution in [2.75, 3.05) is 24.4 Å². The molecule has 1 aromatic rings.